The Kier molecular flexibility index (Phi) is 3.14. The molecule has 1 aliphatic rings. The summed E-state index contributed by atoms with van der Waals surface area (Å²) in [6.45, 7) is 6.72. The van der Waals surface area contributed by atoms with Crippen LogP contribution in [0.2, 0.25) is 0 Å². The van der Waals surface area contributed by atoms with Gasteiger partial charge in [0.1, 0.15) is 0 Å². The van der Waals surface area contributed by atoms with Gasteiger partial charge in [0.15, 0.2) is 0 Å². The highest BCUT2D eigenvalue weighted by Gasteiger charge is 2.54. The zero-order valence-corrected chi connectivity index (χ0v) is 9.86. The lowest BCUT2D eigenvalue weighted by Crippen LogP contribution is -2.45. The van der Waals surface area contributed by atoms with Crippen LogP contribution in [0.15, 0.2) is 0 Å². The molecule has 14 heavy (non-hydrogen) atoms. The second-order valence-electron chi connectivity index (χ2n) is 4.13. The highest BCUT2D eigenvalue weighted by Crippen LogP contribution is 2.47. The van der Waals surface area contributed by atoms with Crippen LogP contribution in [0.5, 0.6) is 0 Å². The SMILES string of the molecule is CCN(C(=O)C1(C(N)=S)CC1)C(C)C. The van der Waals surface area contributed by atoms with Crippen molar-refractivity contribution in [2.45, 2.75) is 39.7 Å². The summed E-state index contributed by atoms with van der Waals surface area (Å²) < 4.78 is 0. The second kappa shape index (κ2) is 3.85. The average Bonchev–Trinajstić information content (AvgIpc) is 2.83. The summed E-state index contributed by atoms with van der Waals surface area (Å²) in [5.41, 5.74) is 5.12. The minimum absolute atomic E-state index is 0.113. The van der Waals surface area contributed by atoms with Gasteiger partial charge in [-0.3, -0.25) is 4.79 Å². The lowest BCUT2D eigenvalue weighted by Gasteiger charge is -2.29. The smallest absolute Gasteiger partial charge is 0.235 e. The lowest BCUT2D eigenvalue weighted by molar-refractivity contribution is -0.135. The van der Waals surface area contributed by atoms with Gasteiger partial charge in [0.05, 0.1) is 10.4 Å². The van der Waals surface area contributed by atoms with Gasteiger partial charge in [-0.1, -0.05) is 12.2 Å². The first-order valence-corrected chi connectivity index (χ1v) is 5.47. The van der Waals surface area contributed by atoms with Crippen LogP contribution in [-0.2, 0) is 4.79 Å². The number of hydrogen-bond donors (Lipinski definition) is 1. The van der Waals surface area contributed by atoms with Crippen molar-refractivity contribution in [3.8, 4) is 0 Å². The molecule has 0 aromatic carbocycles. The number of hydrogen-bond acceptors (Lipinski definition) is 2. The maximum atomic E-state index is 12.1. The zero-order chi connectivity index (χ0) is 10.9. The highest BCUT2D eigenvalue weighted by atomic mass is 32.1. The standard InChI is InChI=1S/C10H18N2OS/c1-4-12(7(2)3)9(13)10(5-6-10)8(11)14/h7H,4-6H2,1-3H3,(H2,11,14). The number of carbonyl (C=O) groups is 1. The Morgan fingerprint density at radius 2 is 2.07 bits per heavy atom. The largest absolute Gasteiger partial charge is 0.392 e. The van der Waals surface area contributed by atoms with Crippen LogP contribution in [0.25, 0.3) is 0 Å². The maximum Gasteiger partial charge on any atom is 0.235 e. The van der Waals surface area contributed by atoms with Crippen LogP contribution >= 0.6 is 12.2 Å². The number of rotatable bonds is 4. The molecule has 0 aromatic heterocycles. The van der Waals surface area contributed by atoms with Crippen LogP contribution in [0.3, 0.4) is 0 Å². The summed E-state index contributed by atoms with van der Waals surface area (Å²) >= 11 is 4.95. The van der Waals surface area contributed by atoms with Crippen LogP contribution in [-0.4, -0.2) is 28.4 Å². The van der Waals surface area contributed by atoms with Crippen LogP contribution in [0, 0.1) is 5.41 Å². The third kappa shape index (κ3) is 1.75. The Morgan fingerprint density at radius 3 is 2.29 bits per heavy atom. The number of carbonyl (C=O) groups excluding carboxylic acids is 1. The summed E-state index contributed by atoms with van der Waals surface area (Å²) in [5, 5.41) is 0. The Hall–Kier alpha value is -0.640. The Bertz CT molecular complexity index is 259. The summed E-state index contributed by atoms with van der Waals surface area (Å²) in [6.07, 6.45) is 1.65. The van der Waals surface area contributed by atoms with Crippen molar-refractivity contribution in [3.63, 3.8) is 0 Å². The molecule has 0 bridgehead atoms. The Morgan fingerprint density at radius 1 is 1.57 bits per heavy atom. The first-order valence-electron chi connectivity index (χ1n) is 5.06. The predicted octanol–water partition coefficient (Wildman–Crippen LogP) is 1.31. The molecule has 0 unspecified atom stereocenters. The van der Waals surface area contributed by atoms with Gasteiger partial charge in [0.2, 0.25) is 5.91 Å². The third-order valence-corrected chi connectivity index (χ3v) is 3.25. The molecule has 0 spiro atoms. The quantitative estimate of drug-likeness (QED) is 0.718. The van der Waals surface area contributed by atoms with Gasteiger partial charge in [-0.15, -0.1) is 0 Å². The van der Waals surface area contributed by atoms with Crippen LogP contribution in [0.4, 0.5) is 0 Å². The fourth-order valence-electron chi connectivity index (χ4n) is 1.71. The minimum Gasteiger partial charge on any atom is -0.392 e. The molecule has 0 saturated heterocycles. The van der Waals surface area contributed by atoms with Gasteiger partial charge in [0.25, 0.3) is 0 Å². The minimum atomic E-state index is -0.490. The molecule has 1 aliphatic carbocycles. The lowest BCUT2D eigenvalue weighted by atomic mass is 10.0. The number of amides is 1. The van der Waals surface area contributed by atoms with E-state index in [1.54, 1.807) is 0 Å². The van der Waals surface area contributed by atoms with Crippen molar-refractivity contribution < 1.29 is 4.79 Å². The van der Waals surface area contributed by atoms with E-state index in [1.165, 1.54) is 0 Å². The molecule has 1 fully saturated rings. The van der Waals surface area contributed by atoms with Crippen molar-refractivity contribution in [1.82, 2.24) is 4.90 Å². The number of thiocarbonyl (C=S) groups is 1. The van der Waals surface area contributed by atoms with Gasteiger partial charge in [-0.2, -0.15) is 0 Å². The van der Waals surface area contributed by atoms with E-state index in [2.05, 4.69) is 0 Å². The topological polar surface area (TPSA) is 46.3 Å². The van der Waals surface area contributed by atoms with Gasteiger partial charge in [0, 0.05) is 12.6 Å². The van der Waals surface area contributed by atoms with Crippen molar-refractivity contribution in [3.05, 3.63) is 0 Å². The van der Waals surface area contributed by atoms with Gasteiger partial charge in [-0.25, -0.2) is 0 Å². The molecule has 0 aromatic rings. The molecule has 1 saturated carbocycles. The molecular weight excluding hydrogens is 196 g/mol. The van der Waals surface area contributed by atoms with E-state index in [9.17, 15) is 4.79 Å². The molecule has 0 atom stereocenters. The molecule has 0 heterocycles. The molecule has 2 N–H and O–H groups in total. The Labute approximate surface area is 90.6 Å². The predicted molar refractivity (Wildman–Crippen MR) is 61.0 cm³/mol. The van der Waals surface area contributed by atoms with Gasteiger partial charge in [-0.05, 0) is 33.6 Å². The summed E-state index contributed by atoms with van der Waals surface area (Å²) in [5.74, 6) is 0.113. The van der Waals surface area contributed by atoms with E-state index in [-0.39, 0.29) is 11.9 Å². The molecule has 1 rings (SSSR count). The summed E-state index contributed by atoms with van der Waals surface area (Å²) in [7, 11) is 0. The molecule has 0 radical (unpaired) electrons. The molecule has 80 valence electrons. The van der Waals surface area contributed by atoms with Crippen molar-refractivity contribution in [2.24, 2.45) is 11.1 Å². The fraction of sp³-hybridized carbons (Fsp3) is 0.800. The summed E-state index contributed by atoms with van der Waals surface area (Å²) in [6, 6.07) is 0.222. The van der Waals surface area contributed by atoms with E-state index in [1.807, 2.05) is 25.7 Å². The molecular formula is C10H18N2OS. The molecule has 3 nitrogen and oxygen atoms in total. The highest BCUT2D eigenvalue weighted by molar-refractivity contribution is 7.80. The second-order valence-corrected chi connectivity index (χ2v) is 4.57. The molecule has 4 heteroatoms. The normalized spacial score (nSPS) is 18.0. The number of nitrogens with zero attached hydrogens (tertiary/aromatic N) is 1. The van der Waals surface area contributed by atoms with Crippen molar-refractivity contribution in [2.75, 3.05) is 6.54 Å². The fourth-order valence-corrected chi connectivity index (χ4v) is 2.00. The summed E-state index contributed by atoms with van der Waals surface area (Å²) in [4.78, 5) is 14.3. The van der Waals surface area contributed by atoms with Crippen molar-refractivity contribution >= 4 is 23.1 Å². The average molecular weight is 214 g/mol. The first kappa shape index (κ1) is 11.4. The van der Waals surface area contributed by atoms with E-state index < -0.39 is 5.41 Å². The van der Waals surface area contributed by atoms with E-state index in [0.717, 1.165) is 19.4 Å². The molecule has 0 aliphatic heterocycles. The van der Waals surface area contributed by atoms with Crippen LogP contribution < -0.4 is 5.73 Å². The third-order valence-electron chi connectivity index (χ3n) is 2.86. The maximum absolute atomic E-state index is 12.1. The van der Waals surface area contributed by atoms with Gasteiger partial charge < -0.3 is 10.6 Å². The van der Waals surface area contributed by atoms with E-state index in [0.29, 0.717) is 4.99 Å². The monoisotopic (exact) mass is 214 g/mol. The molecule has 1 amide bonds. The van der Waals surface area contributed by atoms with Gasteiger partial charge >= 0.3 is 0 Å². The van der Waals surface area contributed by atoms with Crippen LogP contribution in [0.1, 0.15) is 33.6 Å². The Balaban J connectivity index is 2.78. The van der Waals surface area contributed by atoms with Crippen molar-refractivity contribution in [1.29, 1.82) is 0 Å². The zero-order valence-electron chi connectivity index (χ0n) is 9.04. The van der Waals surface area contributed by atoms with E-state index in [4.69, 9.17) is 18.0 Å². The number of nitrogens with two attached hydrogens (primary N) is 1. The van der Waals surface area contributed by atoms with E-state index >= 15 is 0 Å². The first-order chi connectivity index (χ1) is 6.45.